The number of hydrogen-bond acceptors (Lipinski definition) is 1. The van der Waals surface area contributed by atoms with Crippen LogP contribution < -0.4 is 0 Å². The molecule has 3 heterocycles. The van der Waals surface area contributed by atoms with Crippen molar-refractivity contribution in [2.75, 3.05) is 0 Å². The van der Waals surface area contributed by atoms with Crippen molar-refractivity contribution in [1.82, 2.24) is 4.40 Å². The van der Waals surface area contributed by atoms with Crippen molar-refractivity contribution < 1.29 is 4.79 Å². The quantitative estimate of drug-likeness (QED) is 0.304. The van der Waals surface area contributed by atoms with Crippen molar-refractivity contribution >= 4 is 33.1 Å². The lowest BCUT2D eigenvalue weighted by molar-refractivity contribution is 0.104. The summed E-state index contributed by atoms with van der Waals surface area (Å²) in [5.74, 6) is 0.0640. The number of carbonyl (C=O) groups is 1. The molecule has 6 rings (SSSR count). The van der Waals surface area contributed by atoms with E-state index in [1.165, 1.54) is 10.8 Å². The summed E-state index contributed by atoms with van der Waals surface area (Å²) >= 11 is 0. The van der Waals surface area contributed by atoms with Gasteiger partial charge in [0.2, 0.25) is 0 Å². The van der Waals surface area contributed by atoms with Gasteiger partial charge >= 0.3 is 0 Å². The van der Waals surface area contributed by atoms with Crippen LogP contribution >= 0.6 is 0 Å². The molecule has 0 saturated heterocycles. The first-order valence-electron chi connectivity index (χ1n) is 10.2. The Hall–Kier alpha value is -3.91. The zero-order valence-corrected chi connectivity index (χ0v) is 16.6. The number of pyridine rings is 1. The van der Waals surface area contributed by atoms with E-state index in [4.69, 9.17) is 0 Å². The minimum atomic E-state index is 0.0640. The van der Waals surface area contributed by atoms with Crippen molar-refractivity contribution in [2.45, 2.75) is 6.92 Å². The first-order chi connectivity index (χ1) is 14.7. The second-order valence-electron chi connectivity index (χ2n) is 7.84. The summed E-state index contributed by atoms with van der Waals surface area (Å²) in [7, 11) is 0. The number of aromatic nitrogens is 1. The normalized spacial score (nSPS) is 11.6. The summed E-state index contributed by atoms with van der Waals surface area (Å²) in [6, 6.07) is 32.8. The molecule has 0 bridgehead atoms. The molecule has 0 radical (unpaired) electrons. The summed E-state index contributed by atoms with van der Waals surface area (Å²) in [5.41, 5.74) is 7.93. The molecule has 2 heteroatoms. The summed E-state index contributed by atoms with van der Waals surface area (Å²) in [6.45, 7) is 2.04. The number of benzene rings is 3. The van der Waals surface area contributed by atoms with E-state index in [2.05, 4.69) is 59.0 Å². The van der Waals surface area contributed by atoms with Gasteiger partial charge in [0.1, 0.15) is 0 Å². The van der Waals surface area contributed by atoms with E-state index >= 15 is 0 Å². The highest BCUT2D eigenvalue weighted by Crippen LogP contribution is 2.42. The van der Waals surface area contributed by atoms with Gasteiger partial charge in [-0.05, 0) is 24.6 Å². The lowest BCUT2D eigenvalue weighted by Gasteiger charge is -2.07. The van der Waals surface area contributed by atoms with E-state index in [0.717, 1.165) is 44.4 Å². The van der Waals surface area contributed by atoms with Crippen LogP contribution in [-0.4, -0.2) is 10.2 Å². The third-order valence-electron chi connectivity index (χ3n) is 6.02. The molecular weight excluding hydrogens is 366 g/mol. The molecule has 0 aliphatic heterocycles. The highest BCUT2D eigenvalue weighted by Gasteiger charge is 2.26. The van der Waals surface area contributed by atoms with Gasteiger partial charge in [-0.1, -0.05) is 90.5 Å². The van der Waals surface area contributed by atoms with E-state index < -0.39 is 0 Å². The second-order valence-corrected chi connectivity index (χ2v) is 7.84. The fourth-order valence-corrected chi connectivity index (χ4v) is 4.65. The highest BCUT2D eigenvalue weighted by molar-refractivity contribution is 6.25. The fourth-order valence-electron chi connectivity index (χ4n) is 4.65. The largest absolute Gasteiger partial charge is 0.308 e. The van der Waals surface area contributed by atoms with Crippen LogP contribution in [0.25, 0.3) is 38.4 Å². The minimum Gasteiger partial charge on any atom is -0.308 e. The molecular formula is C28H19NO. The smallest absolute Gasteiger partial charge is 0.195 e. The summed E-state index contributed by atoms with van der Waals surface area (Å²) in [5, 5.41) is 2.39. The SMILES string of the molecule is Cc1ccc(C(=O)c2c(-c3ccccc3)c3c4ccccc4c4cccc2n43)cc1. The predicted molar refractivity (Wildman–Crippen MR) is 124 cm³/mol. The lowest BCUT2D eigenvalue weighted by Crippen LogP contribution is -2.03. The number of carbonyl (C=O) groups excluding carboxylic acids is 1. The molecule has 3 aromatic heterocycles. The van der Waals surface area contributed by atoms with Crippen molar-refractivity contribution in [3.63, 3.8) is 0 Å². The van der Waals surface area contributed by atoms with Crippen LogP contribution in [0.5, 0.6) is 0 Å². The molecule has 6 aromatic rings. The van der Waals surface area contributed by atoms with Crippen LogP contribution in [-0.2, 0) is 0 Å². The minimum absolute atomic E-state index is 0.0640. The van der Waals surface area contributed by atoms with Gasteiger partial charge in [-0.25, -0.2) is 0 Å². The van der Waals surface area contributed by atoms with Crippen LogP contribution in [0, 0.1) is 6.92 Å². The Kier molecular flexibility index (Phi) is 3.57. The monoisotopic (exact) mass is 385 g/mol. The number of nitrogens with zero attached hydrogens (tertiary/aromatic N) is 1. The summed E-state index contributed by atoms with van der Waals surface area (Å²) in [6.07, 6.45) is 0. The van der Waals surface area contributed by atoms with Gasteiger partial charge in [0.25, 0.3) is 0 Å². The Balaban J connectivity index is 1.80. The van der Waals surface area contributed by atoms with E-state index in [1.54, 1.807) is 0 Å². The Labute approximate surface area is 174 Å². The fraction of sp³-hybridized carbons (Fsp3) is 0.0357. The molecule has 30 heavy (non-hydrogen) atoms. The highest BCUT2D eigenvalue weighted by atomic mass is 16.1. The van der Waals surface area contributed by atoms with Crippen molar-refractivity contribution in [1.29, 1.82) is 0 Å². The van der Waals surface area contributed by atoms with Crippen molar-refractivity contribution in [3.8, 4) is 11.1 Å². The van der Waals surface area contributed by atoms with Crippen LogP contribution in [0.3, 0.4) is 0 Å². The number of rotatable bonds is 3. The number of ketones is 1. The molecule has 0 saturated carbocycles. The summed E-state index contributed by atoms with van der Waals surface area (Å²) in [4.78, 5) is 13.8. The molecule has 0 fully saturated rings. The number of fused-ring (bicyclic) bond motifs is 3. The Morgan fingerprint density at radius 2 is 1.33 bits per heavy atom. The first kappa shape index (κ1) is 17.0. The molecule has 0 aliphatic rings. The zero-order valence-electron chi connectivity index (χ0n) is 16.6. The molecule has 0 atom stereocenters. The predicted octanol–water partition coefficient (Wildman–Crippen LogP) is 6.89. The van der Waals surface area contributed by atoms with E-state index in [0.29, 0.717) is 0 Å². The Bertz CT molecular complexity index is 1540. The first-order valence-corrected chi connectivity index (χ1v) is 10.2. The average molecular weight is 385 g/mol. The molecule has 0 N–H and O–H groups in total. The lowest BCUT2D eigenvalue weighted by atomic mass is 9.94. The molecule has 0 unspecified atom stereocenters. The topological polar surface area (TPSA) is 21.5 Å². The third-order valence-corrected chi connectivity index (χ3v) is 6.02. The van der Waals surface area contributed by atoms with Gasteiger partial charge in [0, 0.05) is 21.9 Å². The molecule has 142 valence electrons. The van der Waals surface area contributed by atoms with Crippen LogP contribution in [0.2, 0.25) is 0 Å². The maximum atomic E-state index is 13.8. The van der Waals surface area contributed by atoms with Gasteiger partial charge < -0.3 is 4.40 Å². The Morgan fingerprint density at radius 3 is 2.10 bits per heavy atom. The summed E-state index contributed by atoms with van der Waals surface area (Å²) < 4.78 is 2.26. The molecule has 3 aromatic carbocycles. The van der Waals surface area contributed by atoms with Gasteiger partial charge in [-0.3, -0.25) is 4.79 Å². The Morgan fingerprint density at radius 1 is 0.667 bits per heavy atom. The maximum Gasteiger partial charge on any atom is 0.195 e. The van der Waals surface area contributed by atoms with Crippen molar-refractivity contribution in [3.05, 3.63) is 114 Å². The molecule has 2 nitrogen and oxygen atoms in total. The molecule has 0 amide bonds. The standard InChI is InChI=1S/C28H19NO/c1-18-14-16-20(17-15-18)28(30)26-24-13-7-12-23-21-10-5-6-11-22(21)27(29(23)24)25(26)19-8-3-2-4-9-19/h2-17H,1H3. The number of hydrogen-bond donors (Lipinski definition) is 0. The third kappa shape index (κ3) is 2.28. The molecule has 0 aliphatic carbocycles. The van der Waals surface area contributed by atoms with E-state index in [9.17, 15) is 4.79 Å². The van der Waals surface area contributed by atoms with Gasteiger partial charge in [-0.15, -0.1) is 0 Å². The van der Waals surface area contributed by atoms with Gasteiger partial charge in [-0.2, -0.15) is 0 Å². The van der Waals surface area contributed by atoms with Gasteiger partial charge in [0.15, 0.2) is 5.78 Å². The average Bonchev–Trinajstić information content (AvgIpc) is 3.32. The maximum absolute atomic E-state index is 13.8. The second kappa shape index (κ2) is 6.30. The van der Waals surface area contributed by atoms with E-state index in [1.807, 2.05) is 49.4 Å². The zero-order chi connectivity index (χ0) is 20.2. The van der Waals surface area contributed by atoms with Crippen LogP contribution in [0.1, 0.15) is 21.5 Å². The van der Waals surface area contributed by atoms with Gasteiger partial charge in [0.05, 0.1) is 22.1 Å². The number of aryl methyl sites for hydroxylation is 1. The van der Waals surface area contributed by atoms with E-state index in [-0.39, 0.29) is 5.78 Å². The van der Waals surface area contributed by atoms with Crippen LogP contribution in [0.15, 0.2) is 97.1 Å². The van der Waals surface area contributed by atoms with Crippen LogP contribution in [0.4, 0.5) is 0 Å². The molecule has 0 spiro atoms. The van der Waals surface area contributed by atoms with Crippen molar-refractivity contribution in [2.24, 2.45) is 0 Å².